The molecule has 0 aliphatic carbocycles. The molecule has 5 heteroatoms. The normalized spacial score (nSPS) is 11.0. The molecule has 0 aliphatic rings. The topological polar surface area (TPSA) is 55.6 Å². The van der Waals surface area contributed by atoms with Gasteiger partial charge in [0.2, 0.25) is 0 Å². The fourth-order valence-corrected chi connectivity index (χ4v) is 3.74. The lowest BCUT2D eigenvalue weighted by atomic mass is 10.1. The van der Waals surface area contributed by atoms with Gasteiger partial charge in [0.05, 0.1) is 5.39 Å². The zero-order valence-corrected chi connectivity index (χ0v) is 16.7. The molecule has 0 atom stereocenters. The summed E-state index contributed by atoms with van der Waals surface area (Å²) in [5, 5.41) is 4.50. The molecular weight excluding hydrogens is 370 g/mol. The smallest absolute Gasteiger partial charge is 0.150 e. The van der Waals surface area contributed by atoms with Crippen molar-refractivity contribution in [1.82, 2.24) is 19.5 Å². The molecule has 5 rings (SSSR count). The SMILES string of the molecule is Cc1ccccc1-n1cc(-c2ccccc2)c2c(NCc3cccnc3)ncnc21. The standard InChI is InChI=1S/C25H21N5/c1-18-8-5-6-12-22(18)30-16-21(20-10-3-2-4-11-20)23-24(28-17-29-25(23)30)27-15-19-9-7-13-26-14-19/h2-14,16-17H,15H2,1H3,(H,27,28,29). The molecule has 146 valence electrons. The summed E-state index contributed by atoms with van der Waals surface area (Å²) in [6.07, 6.45) is 7.42. The maximum Gasteiger partial charge on any atom is 0.150 e. The summed E-state index contributed by atoms with van der Waals surface area (Å²) in [6.45, 7) is 2.76. The van der Waals surface area contributed by atoms with Crippen molar-refractivity contribution in [3.8, 4) is 16.8 Å². The van der Waals surface area contributed by atoms with E-state index in [2.05, 4.69) is 92.6 Å². The molecule has 0 unspecified atom stereocenters. The van der Waals surface area contributed by atoms with Crippen LogP contribution in [0.4, 0.5) is 5.82 Å². The molecule has 3 heterocycles. The van der Waals surface area contributed by atoms with Crippen LogP contribution in [0.25, 0.3) is 27.8 Å². The van der Waals surface area contributed by atoms with Crippen molar-refractivity contribution in [2.24, 2.45) is 0 Å². The number of aryl methyl sites for hydroxylation is 1. The highest BCUT2D eigenvalue weighted by Gasteiger charge is 2.18. The van der Waals surface area contributed by atoms with E-state index in [4.69, 9.17) is 0 Å². The van der Waals surface area contributed by atoms with Crippen molar-refractivity contribution in [2.45, 2.75) is 13.5 Å². The summed E-state index contributed by atoms with van der Waals surface area (Å²) >= 11 is 0. The average Bonchev–Trinajstić information content (AvgIpc) is 3.19. The van der Waals surface area contributed by atoms with Gasteiger partial charge in [0.25, 0.3) is 0 Å². The third-order valence-corrected chi connectivity index (χ3v) is 5.23. The van der Waals surface area contributed by atoms with Crippen LogP contribution in [0, 0.1) is 6.92 Å². The summed E-state index contributed by atoms with van der Waals surface area (Å²) in [6, 6.07) is 22.7. The van der Waals surface area contributed by atoms with Crippen LogP contribution in [0.1, 0.15) is 11.1 Å². The molecule has 0 saturated heterocycles. The van der Waals surface area contributed by atoms with Gasteiger partial charge in [-0.1, -0.05) is 54.6 Å². The number of hydrogen-bond acceptors (Lipinski definition) is 4. The zero-order chi connectivity index (χ0) is 20.3. The third-order valence-electron chi connectivity index (χ3n) is 5.23. The molecule has 1 N–H and O–H groups in total. The quantitative estimate of drug-likeness (QED) is 0.436. The number of aromatic nitrogens is 4. The first-order chi connectivity index (χ1) is 14.8. The second kappa shape index (κ2) is 7.79. The minimum atomic E-state index is 0.643. The van der Waals surface area contributed by atoms with Crippen molar-refractivity contribution in [1.29, 1.82) is 0 Å². The number of benzene rings is 2. The largest absolute Gasteiger partial charge is 0.365 e. The molecule has 30 heavy (non-hydrogen) atoms. The van der Waals surface area contributed by atoms with Gasteiger partial charge >= 0.3 is 0 Å². The molecule has 0 fully saturated rings. The Balaban J connectivity index is 1.69. The highest BCUT2D eigenvalue weighted by molar-refractivity contribution is 6.02. The number of anilines is 1. The predicted molar refractivity (Wildman–Crippen MR) is 121 cm³/mol. The Hall–Kier alpha value is -3.99. The van der Waals surface area contributed by atoms with Crippen molar-refractivity contribution in [2.75, 3.05) is 5.32 Å². The minimum absolute atomic E-state index is 0.643. The fourth-order valence-electron chi connectivity index (χ4n) is 3.74. The maximum absolute atomic E-state index is 4.66. The predicted octanol–water partition coefficient (Wildman–Crippen LogP) is 5.40. The zero-order valence-electron chi connectivity index (χ0n) is 16.7. The Kier molecular flexibility index (Phi) is 4.69. The molecule has 0 amide bonds. The Labute approximate surface area is 175 Å². The van der Waals surface area contributed by atoms with E-state index in [-0.39, 0.29) is 0 Å². The van der Waals surface area contributed by atoms with Crippen molar-refractivity contribution in [3.05, 3.63) is 103 Å². The Morgan fingerprint density at radius 3 is 2.53 bits per heavy atom. The summed E-state index contributed by atoms with van der Waals surface area (Å²) in [5.74, 6) is 0.815. The lowest BCUT2D eigenvalue weighted by Crippen LogP contribution is -2.03. The number of rotatable bonds is 5. The van der Waals surface area contributed by atoms with E-state index < -0.39 is 0 Å². The van der Waals surface area contributed by atoms with Gasteiger partial charge in [0, 0.05) is 36.4 Å². The van der Waals surface area contributed by atoms with Gasteiger partial charge in [0.1, 0.15) is 12.1 Å². The molecule has 0 aliphatic heterocycles. The number of nitrogens with one attached hydrogen (secondary N) is 1. The first-order valence-corrected chi connectivity index (χ1v) is 9.91. The minimum Gasteiger partial charge on any atom is -0.365 e. The van der Waals surface area contributed by atoms with E-state index in [1.165, 1.54) is 5.56 Å². The lowest BCUT2D eigenvalue weighted by Gasteiger charge is -2.10. The molecule has 5 nitrogen and oxygen atoms in total. The highest BCUT2D eigenvalue weighted by atomic mass is 15.1. The number of nitrogens with zero attached hydrogens (tertiary/aromatic N) is 4. The van der Waals surface area contributed by atoms with E-state index in [1.54, 1.807) is 12.5 Å². The fraction of sp³-hybridized carbons (Fsp3) is 0.0800. The van der Waals surface area contributed by atoms with E-state index >= 15 is 0 Å². The maximum atomic E-state index is 4.66. The highest BCUT2D eigenvalue weighted by Crippen LogP contribution is 2.35. The van der Waals surface area contributed by atoms with Gasteiger partial charge in [-0.25, -0.2) is 9.97 Å². The molecule has 0 spiro atoms. The Morgan fingerprint density at radius 2 is 1.73 bits per heavy atom. The number of hydrogen-bond donors (Lipinski definition) is 1. The summed E-state index contributed by atoms with van der Waals surface area (Å²) in [4.78, 5) is 13.4. The van der Waals surface area contributed by atoms with Crippen LogP contribution < -0.4 is 5.32 Å². The summed E-state index contributed by atoms with van der Waals surface area (Å²) < 4.78 is 2.16. The summed E-state index contributed by atoms with van der Waals surface area (Å²) in [5.41, 5.74) is 6.52. The molecule has 0 bridgehead atoms. The molecule has 0 saturated carbocycles. The number of pyridine rings is 1. The van der Waals surface area contributed by atoms with Gasteiger partial charge in [-0.2, -0.15) is 0 Å². The second-order valence-corrected chi connectivity index (χ2v) is 7.20. The van der Waals surface area contributed by atoms with E-state index in [0.717, 1.165) is 39.2 Å². The molecule has 0 radical (unpaired) electrons. The van der Waals surface area contributed by atoms with Crippen LogP contribution in [-0.2, 0) is 6.54 Å². The van der Waals surface area contributed by atoms with Crippen LogP contribution in [-0.4, -0.2) is 19.5 Å². The Bertz CT molecular complexity index is 1290. The monoisotopic (exact) mass is 391 g/mol. The first kappa shape index (κ1) is 18.1. The first-order valence-electron chi connectivity index (χ1n) is 9.91. The lowest BCUT2D eigenvalue weighted by molar-refractivity contribution is 1.05. The van der Waals surface area contributed by atoms with Gasteiger partial charge in [-0.3, -0.25) is 4.98 Å². The van der Waals surface area contributed by atoms with Gasteiger partial charge < -0.3 is 9.88 Å². The second-order valence-electron chi connectivity index (χ2n) is 7.20. The van der Waals surface area contributed by atoms with Crippen LogP contribution in [0.3, 0.4) is 0 Å². The van der Waals surface area contributed by atoms with Gasteiger partial charge in [-0.05, 0) is 35.7 Å². The van der Waals surface area contributed by atoms with Gasteiger partial charge in [-0.15, -0.1) is 0 Å². The molecule has 2 aromatic carbocycles. The molecular formula is C25H21N5. The van der Waals surface area contributed by atoms with Crippen LogP contribution in [0.15, 0.2) is 91.6 Å². The van der Waals surface area contributed by atoms with Crippen LogP contribution >= 0.6 is 0 Å². The van der Waals surface area contributed by atoms with Crippen molar-refractivity contribution < 1.29 is 0 Å². The Morgan fingerprint density at radius 1 is 0.900 bits per heavy atom. The van der Waals surface area contributed by atoms with Gasteiger partial charge in [0.15, 0.2) is 5.65 Å². The van der Waals surface area contributed by atoms with E-state index in [1.807, 2.05) is 18.3 Å². The van der Waals surface area contributed by atoms with Crippen molar-refractivity contribution in [3.63, 3.8) is 0 Å². The van der Waals surface area contributed by atoms with Crippen LogP contribution in [0.5, 0.6) is 0 Å². The van der Waals surface area contributed by atoms with E-state index in [9.17, 15) is 0 Å². The average molecular weight is 391 g/mol. The summed E-state index contributed by atoms with van der Waals surface area (Å²) in [7, 11) is 0. The van der Waals surface area contributed by atoms with Crippen molar-refractivity contribution >= 4 is 16.9 Å². The number of para-hydroxylation sites is 1. The number of fused-ring (bicyclic) bond motifs is 1. The molecule has 3 aromatic heterocycles. The molecule has 5 aromatic rings. The van der Waals surface area contributed by atoms with Crippen LogP contribution in [0.2, 0.25) is 0 Å². The van der Waals surface area contributed by atoms with E-state index in [0.29, 0.717) is 6.54 Å². The third kappa shape index (κ3) is 3.31.